The lowest BCUT2D eigenvalue weighted by Crippen LogP contribution is -2.32. The Kier molecular flexibility index (Phi) is 5.08. The van der Waals surface area contributed by atoms with E-state index in [9.17, 15) is 4.79 Å². The minimum absolute atomic E-state index is 0.161. The van der Waals surface area contributed by atoms with Gasteiger partial charge in [0.2, 0.25) is 5.91 Å². The van der Waals surface area contributed by atoms with Crippen molar-refractivity contribution >= 4 is 44.7 Å². The van der Waals surface area contributed by atoms with E-state index in [0.717, 1.165) is 15.7 Å². The van der Waals surface area contributed by atoms with Crippen molar-refractivity contribution in [3.8, 4) is 0 Å². The van der Waals surface area contributed by atoms with E-state index in [1.807, 2.05) is 32.0 Å². The molecule has 1 aromatic rings. The van der Waals surface area contributed by atoms with E-state index in [-0.39, 0.29) is 10.9 Å². The molecule has 0 aliphatic heterocycles. The van der Waals surface area contributed by atoms with Crippen molar-refractivity contribution in [2.24, 2.45) is 11.7 Å². The number of hydrogen-bond donors (Lipinski definition) is 2. The average Bonchev–Trinajstić information content (AvgIpc) is 2.25. The lowest BCUT2D eigenvalue weighted by molar-refractivity contribution is -0.118. The lowest BCUT2D eigenvalue weighted by atomic mass is 10.1. The standard InChI is InChI=1S/C12H15BrN2OS/c1-3-8(11(14)17)12(16)15-9-6-4-5-7(2)10(9)13/h4-6,8H,3H2,1-2H3,(H2,14,17)(H,15,16). The van der Waals surface area contributed by atoms with Gasteiger partial charge in [-0.1, -0.05) is 31.3 Å². The third-order valence-electron chi connectivity index (χ3n) is 2.52. The maximum atomic E-state index is 11.9. The molecule has 1 atom stereocenters. The molecule has 3 nitrogen and oxygen atoms in total. The van der Waals surface area contributed by atoms with Crippen LogP contribution >= 0.6 is 28.1 Å². The molecule has 5 heteroatoms. The minimum atomic E-state index is -0.419. The summed E-state index contributed by atoms with van der Waals surface area (Å²) in [6.45, 7) is 3.85. The molecule has 0 aliphatic rings. The number of rotatable bonds is 4. The fourth-order valence-corrected chi connectivity index (χ4v) is 2.12. The highest BCUT2D eigenvalue weighted by Crippen LogP contribution is 2.26. The van der Waals surface area contributed by atoms with Gasteiger partial charge in [-0.3, -0.25) is 4.79 Å². The molecular formula is C12H15BrN2OS. The van der Waals surface area contributed by atoms with Crippen LogP contribution in [0.3, 0.4) is 0 Å². The van der Waals surface area contributed by atoms with E-state index >= 15 is 0 Å². The molecule has 0 radical (unpaired) electrons. The van der Waals surface area contributed by atoms with E-state index in [0.29, 0.717) is 6.42 Å². The van der Waals surface area contributed by atoms with Crippen molar-refractivity contribution in [1.82, 2.24) is 0 Å². The minimum Gasteiger partial charge on any atom is -0.393 e. The van der Waals surface area contributed by atoms with Crippen LogP contribution in [0.2, 0.25) is 0 Å². The molecule has 0 saturated heterocycles. The first kappa shape index (κ1) is 14.1. The third kappa shape index (κ3) is 3.51. The molecule has 0 fully saturated rings. The Morgan fingerprint density at radius 3 is 2.76 bits per heavy atom. The maximum absolute atomic E-state index is 11.9. The number of anilines is 1. The number of benzene rings is 1. The van der Waals surface area contributed by atoms with E-state index < -0.39 is 5.92 Å². The zero-order chi connectivity index (χ0) is 13.0. The average molecular weight is 315 g/mol. The monoisotopic (exact) mass is 314 g/mol. The summed E-state index contributed by atoms with van der Waals surface area (Å²) in [5.74, 6) is -0.580. The molecule has 92 valence electrons. The molecule has 1 aromatic carbocycles. The van der Waals surface area contributed by atoms with Gasteiger partial charge in [0.05, 0.1) is 16.6 Å². The number of nitrogens with two attached hydrogens (primary N) is 1. The van der Waals surface area contributed by atoms with Crippen LogP contribution in [0.15, 0.2) is 22.7 Å². The van der Waals surface area contributed by atoms with Crippen molar-refractivity contribution in [2.75, 3.05) is 5.32 Å². The molecule has 0 spiro atoms. The molecule has 0 aliphatic carbocycles. The summed E-state index contributed by atoms with van der Waals surface area (Å²) in [7, 11) is 0. The summed E-state index contributed by atoms with van der Waals surface area (Å²) in [5.41, 5.74) is 7.33. The molecule has 17 heavy (non-hydrogen) atoms. The van der Waals surface area contributed by atoms with Gasteiger partial charge in [0.25, 0.3) is 0 Å². The van der Waals surface area contributed by atoms with Gasteiger partial charge >= 0.3 is 0 Å². The number of aryl methyl sites for hydroxylation is 1. The molecular weight excluding hydrogens is 300 g/mol. The number of nitrogens with one attached hydrogen (secondary N) is 1. The van der Waals surface area contributed by atoms with Crippen LogP contribution in [0, 0.1) is 12.8 Å². The fraction of sp³-hybridized carbons (Fsp3) is 0.333. The van der Waals surface area contributed by atoms with Gasteiger partial charge in [0.15, 0.2) is 0 Å². The fourth-order valence-electron chi connectivity index (χ4n) is 1.48. The number of halogens is 1. The highest BCUT2D eigenvalue weighted by atomic mass is 79.9. The second-order valence-electron chi connectivity index (χ2n) is 3.79. The zero-order valence-electron chi connectivity index (χ0n) is 9.79. The predicted octanol–water partition coefficient (Wildman–Crippen LogP) is 3.01. The number of thiocarbonyl (C=S) groups is 1. The van der Waals surface area contributed by atoms with E-state index in [4.69, 9.17) is 18.0 Å². The topological polar surface area (TPSA) is 55.1 Å². The summed E-state index contributed by atoms with van der Waals surface area (Å²) >= 11 is 8.31. The number of carbonyl (C=O) groups excluding carboxylic acids is 1. The summed E-state index contributed by atoms with van der Waals surface area (Å²) in [6, 6.07) is 5.68. The molecule has 1 amide bonds. The quantitative estimate of drug-likeness (QED) is 0.840. The Morgan fingerprint density at radius 2 is 2.24 bits per heavy atom. The van der Waals surface area contributed by atoms with Crippen LogP contribution in [0.1, 0.15) is 18.9 Å². The van der Waals surface area contributed by atoms with Crippen LogP contribution in [-0.4, -0.2) is 10.9 Å². The first-order valence-corrected chi connectivity index (χ1v) is 6.52. The first-order chi connectivity index (χ1) is 7.97. The second-order valence-corrected chi connectivity index (χ2v) is 5.05. The van der Waals surface area contributed by atoms with Gasteiger partial charge in [-0.15, -0.1) is 0 Å². The summed E-state index contributed by atoms with van der Waals surface area (Å²) < 4.78 is 0.881. The Bertz CT molecular complexity index is 448. The molecule has 0 aromatic heterocycles. The van der Waals surface area contributed by atoms with Crippen LogP contribution < -0.4 is 11.1 Å². The maximum Gasteiger partial charge on any atom is 0.234 e. The van der Waals surface area contributed by atoms with Gasteiger partial charge in [0, 0.05) is 4.47 Å². The zero-order valence-corrected chi connectivity index (χ0v) is 12.2. The molecule has 0 bridgehead atoms. The van der Waals surface area contributed by atoms with E-state index in [1.165, 1.54) is 0 Å². The SMILES string of the molecule is CCC(C(=O)Nc1cccc(C)c1Br)C(N)=S. The smallest absolute Gasteiger partial charge is 0.234 e. The van der Waals surface area contributed by atoms with Gasteiger partial charge < -0.3 is 11.1 Å². The van der Waals surface area contributed by atoms with Gasteiger partial charge in [-0.25, -0.2) is 0 Å². The number of carbonyl (C=O) groups is 1. The lowest BCUT2D eigenvalue weighted by Gasteiger charge is -2.15. The Balaban J connectivity index is 2.88. The second kappa shape index (κ2) is 6.12. The summed E-state index contributed by atoms with van der Waals surface area (Å²) in [5, 5.41) is 2.83. The highest BCUT2D eigenvalue weighted by Gasteiger charge is 2.20. The Hall–Kier alpha value is -0.940. The number of hydrogen-bond acceptors (Lipinski definition) is 2. The summed E-state index contributed by atoms with van der Waals surface area (Å²) in [6.07, 6.45) is 0.602. The number of amides is 1. The Labute approximate surface area is 115 Å². The predicted molar refractivity (Wildman–Crippen MR) is 78.1 cm³/mol. The molecule has 0 heterocycles. The first-order valence-electron chi connectivity index (χ1n) is 5.32. The molecule has 3 N–H and O–H groups in total. The molecule has 1 unspecified atom stereocenters. The Morgan fingerprint density at radius 1 is 1.59 bits per heavy atom. The van der Waals surface area contributed by atoms with Crippen molar-refractivity contribution in [1.29, 1.82) is 0 Å². The van der Waals surface area contributed by atoms with Gasteiger partial charge in [-0.05, 0) is 40.9 Å². The van der Waals surface area contributed by atoms with E-state index in [2.05, 4.69) is 21.2 Å². The van der Waals surface area contributed by atoms with Crippen LogP contribution in [0.25, 0.3) is 0 Å². The van der Waals surface area contributed by atoms with Crippen LogP contribution in [-0.2, 0) is 4.79 Å². The van der Waals surface area contributed by atoms with Gasteiger partial charge in [-0.2, -0.15) is 0 Å². The molecule has 1 rings (SSSR count). The van der Waals surface area contributed by atoms with Crippen molar-refractivity contribution in [3.05, 3.63) is 28.2 Å². The van der Waals surface area contributed by atoms with Crippen molar-refractivity contribution < 1.29 is 4.79 Å². The normalized spacial score (nSPS) is 11.9. The third-order valence-corrected chi connectivity index (χ3v) is 3.85. The van der Waals surface area contributed by atoms with Crippen LogP contribution in [0.4, 0.5) is 5.69 Å². The summed E-state index contributed by atoms with van der Waals surface area (Å²) in [4.78, 5) is 12.2. The van der Waals surface area contributed by atoms with Crippen LogP contribution in [0.5, 0.6) is 0 Å². The van der Waals surface area contributed by atoms with Crippen molar-refractivity contribution in [2.45, 2.75) is 20.3 Å². The van der Waals surface area contributed by atoms with Crippen molar-refractivity contribution in [3.63, 3.8) is 0 Å². The van der Waals surface area contributed by atoms with E-state index in [1.54, 1.807) is 0 Å². The highest BCUT2D eigenvalue weighted by molar-refractivity contribution is 9.10. The molecule has 0 saturated carbocycles. The largest absolute Gasteiger partial charge is 0.393 e. The van der Waals surface area contributed by atoms with Gasteiger partial charge in [0.1, 0.15) is 0 Å².